The van der Waals surface area contributed by atoms with Gasteiger partial charge in [0.15, 0.2) is 0 Å². The van der Waals surface area contributed by atoms with E-state index < -0.39 is 20.0 Å². The van der Waals surface area contributed by atoms with Crippen LogP contribution in [-0.4, -0.2) is 39.9 Å². The summed E-state index contributed by atoms with van der Waals surface area (Å²) in [4.78, 5) is 8.64. The number of aryl methyl sites for hydroxylation is 2. The number of aromatic nitrogens is 2. The Hall–Kier alpha value is -3.76. The second-order valence-corrected chi connectivity index (χ2v) is 11.9. The molecule has 4 rings (SSSR count). The second-order valence-electron chi connectivity index (χ2n) is 8.16. The Labute approximate surface area is 212 Å². The van der Waals surface area contributed by atoms with E-state index in [1.807, 2.05) is 13.8 Å². The van der Waals surface area contributed by atoms with Crippen molar-refractivity contribution in [2.75, 3.05) is 21.7 Å². The minimum atomic E-state index is -4.04. The number of nitrogens with zero attached hydrogens (tertiary/aromatic N) is 4. The van der Waals surface area contributed by atoms with E-state index in [-0.39, 0.29) is 34.5 Å². The van der Waals surface area contributed by atoms with Crippen molar-refractivity contribution in [3.63, 3.8) is 0 Å². The van der Waals surface area contributed by atoms with E-state index in [4.69, 9.17) is 0 Å². The summed E-state index contributed by atoms with van der Waals surface area (Å²) in [7, 11) is -8.07. The highest BCUT2D eigenvalue weighted by Crippen LogP contribution is 2.25. The second kappa shape index (κ2) is 10.5. The van der Waals surface area contributed by atoms with Crippen LogP contribution in [0.1, 0.15) is 11.1 Å². The molecule has 2 aromatic carbocycles. The number of pyridine rings is 2. The third-order valence-electron chi connectivity index (χ3n) is 5.53. The maximum atomic E-state index is 13.7. The van der Waals surface area contributed by atoms with Gasteiger partial charge in [-0.15, -0.1) is 0 Å². The molecule has 10 heteroatoms. The maximum absolute atomic E-state index is 13.7. The summed E-state index contributed by atoms with van der Waals surface area (Å²) in [5.74, 6) is 0.374. The van der Waals surface area contributed by atoms with Crippen molar-refractivity contribution in [1.82, 2.24) is 9.97 Å². The van der Waals surface area contributed by atoms with Gasteiger partial charge in [-0.05, 0) is 62.4 Å². The molecule has 0 aliphatic carbocycles. The molecule has 36 heavy (non-hydrogen) atoms. The van der Waals surface area contributed by atoms with Crippen LogP contribution in [0.25, 0.3) is 0 Å². The van der Waals surface area contributed by atoms with Crippen molar-refractivity contribution in [2.24, 2.45) is 0 Å². The van der Waals surface area contributed by atoms with E-state index in [0.29, 0.717) is 0 Å². The number of benzene rings is 2. The van der Waals surface area contributed by atoms with Crippen LogP contribution in [0.2, 0.25) is 0 Å². The average molecular weight is 523 g/mol. The zero-order valence-electron chi connectivity index (χ0n) is 19.9. The minimum Gasteiger partial charge on any atom is -0.248 e. The van der Waals surface area contributed by atoms with Crippen molar-refractivity contribution in [3.8, 4) is 0 Å². The van der Waals surface area contributed by atoms with Gasteiger partial charge in [0, 0.05) is 12.4 Å². The third kappa shape index (κ3) is 5.39. The Morgan fingerprint density at radius 1 is 0.556 bits per heavy atom. The fraction of sp³-hybridized carbons (Fsp3) is 0.154. The van der Waals surface area contributed by atoms with Gasteiger partial charge in [0.05, 0.1) is 22.9 Å². The van der Waals surface area contributed by atoms with Crippen LogP contribution in [0.15, 0.2) is 107 Å². The molecule has 2 heterocycles. The number of hydrogen-bond acceptors (Lipinski definition) is 6. The highest BCUT2D eigenvalue weighted by atomic mass is 32.2. The van der Waals surface area contributed by atoms with Gasteiger partial charge >= 0.3 is 0 Å². The fourth-order valence-corrected chi connectivity index (χ4v) is 6.40. The van der Waals surface area contributed by atoms with Crippen molar-refractivity contribution < 1.29 is 16.8 Å². The fourth-order valence-electron chi connectivity index (χ4n) is 3.57. The quantitative estimate of drug-likeness (QED) is 0.327. The minimum absolute atomic E-state index is 0.0875. The highest BCUT2D eigenvalue weighted by Gasteiger charge is 2.30. The first-order valence-electron chi connectivity index (χ1n) is 11.2. The molecule has 0 fully saturated rings. The van der Waals surface area contributed by atoms with E-state index in [1.54, 1.807) is 60.7 Å². The molecule has 0 saturated heterocycles. The highest BCUT2D eigenvalue weighted by molar-refractivity contribution is 7.93. The molecular formula is C26H26N4O4S2. The topological polar surface area (TPSA) is 101 Å². The molecule has 186 valence electrons. The van der Waals surface area contributed by atoms with Gasteiger partial charge in [0.25, 0.3) is 20.0 Å². The predicted molar refractivity (Wildman–Crippen MR) is 140 cm³/mol. The first-order valence-corrected chi connectivity index (χ1v) is 14.1. The van der Waals surface area contributed by atoms with Crippen LogP contribution in [0.5, 0.6) is 0 Å². The molecule has 0 radical (unpaired) electrons. The maximum Gasteiger partial charge on any atom is 0.265 e. The van der Waals surface area contributed by atoms with Crippen molar-refractivity contribution in [2.45, 2.75) is 23.6 Å². The van der Waals surface area contributed by atoms with Crippen LogP contribution in [-0.2, 0) is 20.0 Å². The SMILES string of the molecule is Cc1ccc(S(=O)(=O)N(CCN(c2ccccn2)S(=O)(=O)c2ccc(C)cc2)c2ccccn2)cc1. The molecule has 0 amide bonds. The summed E-state index contributed by atoms with van der Waals surface area (Å²) in [6.07, 6.45) is 2.99. The molecule has 0 unspecified atom stereocenters. The van der Waals surface area contributed by atoms with Crippen molar-refractivity contribution >= 4 is 31.7 Å². The molecule has 4 aromatic rings. The molecule has 0 aliphatic rings. The lowest BCUT2D eigenvalue weighted by atomic mass is 10.2. The van der Waals surface area contributed by atoms with Gasteiger partial charge in [0.2, 0.25) is 0 Å². The zero-order chi connectivity index (χ0) is 25.8. The lowest BCUT2D eigenvalue weighted by molar-refractivity contribution is 0.583. The lowest BCUT2D eigenvalue weighted by Crippen LogP contribution is -2.42. The molecule has 0 spiro atoms. The number of anilines is 2. The van der Waals surface area contributed by atoms with Gasteiger partial charge in [0.1, 0.15) is 11.6 Å². The third-order valence-corrected chi connectivity index (χ3v) is 9.17. The van der Waals surface area contributed by atoms with Crippen LogP contribution < -0.4 is 8.61 Å². The largest absolute Gasteiger partial charge is 0.265 e. The van der Waals surface area contributed by atoms with Crippen LogP contribution >= 0.6 is 0 Å². The first-order chi connectivity index (χ1) is 17.2. The number of hydrogen-bond donors (Lipinski definition) is 0. The van der Waals surface area contributed by atoms with Crippen LogP contribution in [0.3, 0.4) is 0 Å². The lowest BCUT2D eigenvalue weighted by Gasteiger charge is -2.28. The first kappa shape index (κ1) is 25.3. The van der Waals surface area contributed by atoms with E-state index in [0.717, 1.165) is 19.7 Å². The molecule has 8 nitrogen and oxygen atoms in total. The Morgan fingerprint density at radius 2 is 0.917 bits per heavy atom. The van der Waals surface area contributed by atoms with Gasteiger partial charge in [-0.2, -0.15) is 0 Å². The van der Waals surface area contributed by atoms with E-state index in [9.17, 15) is 16.8 Å². The monoisotopic (exact) mass is 522 g/mol. The smallest absolute Gasteiger partial charge is 0.248 e. The zero-order valence-corrected chi connectivity index (χ0v) is 21.5. The van der Waals surface area contributed by atoms with E-state index in [1.165, 1.54) is 36.7 Å². The Morgan fingerprint density at radius 3 is 1.22 bits per heavy atom. The molecule has 0 N–H and O–H groups in total. The molecule has 0 aliphatic heterocycles. The molecule has 0 bridgehead atoms. The van der Waals surface area contributed by atoms with Gasteiger partial charge in [-0.25, -0.2) is 35.4 Å². The average Bonchev–Trinajstić information content (AvgIpc) is 2.88. The normalized spacial score (nSPS) is 11.7. The summed E-state index contributed by atoms with van der Waals surface area (Å²) in [6, 6.07) is 22.8. The summed E-state index contributed by atoms with van der Waals surface area (Å²) in [5, 5.41) is 0. The summed E-state index contributed by atoms with van der Waals surface area (Å²) in [5.41, 5.74) is 1.84. The summed E-state index contributed by atoms with van der Waals surface area (Å²) >= 11 is 0. The summed E-state index contributed by atoms with van der Waals surface area (Å²) in [6.45, 7) is 3.37. The molecule has 0 atom stereocenters. The van der Waals surface area contributed by atoms with Gasteiger partial charge in [-0.3, -0.25) is 0 Å². The van der Waals surface area contributed by atoms with E-state index in [2.05, 4.69) is 9.97 Å². The number of sulfonamides is 2. The summed E-state index contributed by atoms with van der Waals surface area (Å²) < 4.78 is 56.9. The van der Waals surface area contributed by atoms with Crippen LogP contribution in [0.4, 0.5) is 11.6 Å². The Bertz CT molecular complexity index is 1390. The van der Waals surface area contributed by atoms with Gasteiger partial charge < -0.3 is 0 Å². The van der Waals surface area contributed by atoms with Crippen LogP contribution in [0, 0.1) is 13.8 Å². The van der Waals surface area contributed by atoms with Gasteiger partial charge in [-0.1, -0.05) is 47.5 Å². The molecule has 2 aromatic heterocycles. The predicted octanol–water partition coefficient (Wildman–Crippen LogP) is 4.18. The van der Waals surface area contributed by atoms with Crippen molar-refractivity contribution in [1.29, 1.82) is 0 Å². The standard InChI is InChI=1S/C26H26N4O4S2/c1-21-9-13-23(14-10-21)35(31,32)29(25-7-3-5-17-27-25)19-20-30(26-8-4-6-18-28-26)36(33,34)24-15-11-22(2)12-16-24/h3-18H,19-20H2,1-2H3. The van der Waals surface area contributed by atoms with E-state index >= 15 is 0 Å². The molecule has 0 saturated carbocycles. The Balaban J connectivity index is 1.75. The number of rotatable bonds is 9. The van der Waals surface area contributed by atoms with Crippen molar-refractivity contribution in [3.05, 3.63) is 108 Å². The Kier molecular flexibility index (Phi) is 7.37. The molecular weight excluding hydrogens is 496 g/mol.